The highest BCUT2D eigenvalue weighted by Gasteiger charge is 2.18. The number of hydrogen-bond acceptors (Lipinski definition) is 1. The van der Waals surface area contributed by atoms with Crippen LogP contribution in [-0.4, -0.2) is 11.8 Å². The number of aryl methyl sites for hydroxylation is 1. The first kappa shape index (κ1) is 13.4. The topological polar surface area (TPSA) is 29.1 Å². The fraction of sp³-hybridized carbons (Fsp3) is 0.533. The number of benzene rings is 1. The van der Waals surface area contributed by atoms with Gasteiger partial charge in [0.2, 0.25) is 5.91 Å². The van der Waals surface area contributed by atoms with Crippen LogP contribution in [0.25, 0.3) is 0 Å². The van der Waals surface area contributed by atoms with Crippen LogP contribution in [0.5, 0.6) is 0 Å². The molecule has 1 N–H and O–H groups in total. The molecule has 2 nitrogen and oxygen atoms in total. The van der Waals surface area contributed by atoms with Crippen molar-refractivity contribution < 1.29 is 4.79 Å². The summed E-state index contributed by atoms with van der Waals surface area (Å²) < 4.78 is 0. The first-order chi connectivity index (χ1) is 8.78. The van der Waals surface area contributed by atoms with E-state index in [2.05, 4.69) is 5.32 Å². The van der Waals surface area contributed by atoms with Crippen LogP contribution in [0.2, 0.25) is 0 Å². The number of carbonyl (C=O) groups excluding carboxylic acids is 1. The minimum absolute atomic E-state index is 0.145. The predicted molar refractivity (Wildman–Crippen MR) is 76.1 cm³/mol. The van der Waals surface area contributed by atoms with Gasteiger partial charge in [-0.15, -0.1) is 11.6 Å². The quantitative estimate of drug-likeness (QED) is 0.802. The lowest BCUT2D eigenvalue weighted by molar-refractivity contribution is -0.117. The van der Waals surface area contributed by atoms with Gasteiger partial charge in [0, 0.05) is 18.0 Å². The van der Waals surface area contributed by atoms with Gasteiger partial charge in [0.25, 0.3) is 0 Å². The summed E-state index contributed by atoms with van der Waals surface area (Å²) >= 11 is 5.69. The predicted octanol–water partition coefficient (Wildman–Crippen LogP) is 3.99. The van der Waals surface area contributed by atoms with Gasteiger partial charge in [0.1, 0.15) is 0 Å². The molecule has 1 aromatic rings. The van der Waals surface area contributed by atoms with Crippen LogP contribution >= 0.6 is 11.6 Å². The molecule has 0 unspecified atom stereocenters. The van der Waals surface area contributed by atoms with Gasteiger partial charge in [-0.2, -0.15) is 0 Å². The van der Waals surface area contributed by atoms with E-state index in [1.165, 1.54) is 31.2 Å². The van der Waals surface area contributed by atoms with Crippen molar-refractivity contribution >= 4 is 23.2 Å². The molecule has 0 aromatic heterocycles. The number of nitrogens with one attached hydrogen (secondary N) is 1. The molecular weight excluding hydrogens is 246 g/mol. The van der Waals surface area contributed by atoms with Crippen molar-refractivity contribution in [1.29, 1.82) is 0 Å². The maximum atomic E-state index is 11.8. The van der Waals surface area contributed by atoms with E-state index in [1.54, 1.807) is 0 Å². The second kappa shape index (κ2) is 6.79. The van der Waals surface area contributed by atoms with Gasteiger partial charge in [0.15, 0.2) is 0 Å². The van der Waals surface area contributed by atoms with Gasteiger partial charge >= 0.3 is 0 Å². The molecule has 98 valence electrons. The first-order valence-electron chi connectivity index (χ1n) is 6.72. The maximum absolute atomic E-state index is 11.8. The summed E-state index contributed by atoms with van der Waals surface area (Å²) in [6.45, 7) is 0. The Labute approximate surface area is 114 Å². The van der Waals surface area contributed by atoms with Crippen molar-refractivity contribution in [2.45, 2.75) is 38.5 Å². The van der Waals surface area contributed by atoms with Gasteiger partial charge in [-0.05, 0) is 42.9 Å². The standard InChI is InChI=1S/C15H20ClNO/c16-10-9-12-5-7-14(8-6-12)17-15(18)11-13-3-1-2-4-13/h5-8,13H,1-4,9-11H2,(H,17,18). The Balaban J connectivity index is 1.82. The molecule has 0 saturated heterocycles. The molecule has 0 bridgehead atoms. The molecule has 1 aliphatic rings. The van der Waals surface area contributed by atoms with E-state index in [0.29, 0.717) is 18.2 Å². The van der Waals surface area contributed by atoms with Crippen molar-refractivity contribution in [1.82, 2.24) is 0 Å². The van der Waals surface area contributed by atoms with Crippen LogP contribution < -0.4 is 5.32 Å². The number of carbonyl (C=O) groups is 1. The van der Waals surface area contributed by atoms with Crippen LogP contribution in [0, 0.1) is 5.92 Å². The third-order valence-electron chi connectivity index (χ3n) is 3.57. The third kappa shape index (κ3) is 4.02. The van der Waals surface area contributed by atoms with Crippen molar-refractivity contribution in [3.05, 3.63) is 29.8 Å². The molecule has 2 rings (SSSR count). The number of anilines is 1. The summed E-state index contributed by atoms with van der Waals surface area (Å²) in [7, 11) is 0. The van der Waals surface area contributed by atoms with E-state index in [4.69, 9.17) is 11.6 Å². The molecule has 1 amide bonds. The molecule has 18 heavy (non-hydrogen) atoms. The van der Waals surface area contributed by atoms with Crippen LogP contribution in [0.1, 0.15) is 37.7 Å². The second-order valence-corrected chi connectivity index (χ2v) is 5.42. The maximum Gasteiger partial charge on any atom is 0.224 e. The largest absolute Gasteiger partial charge is 0.326 e. The molecule has 0 spiro atoms. The lowest BCUT2D eigenvalue weighted by Crippen LogP contribution is -2.15. The highest BCUT2D eigenvalue weighted by Crippen LogP contribution is 2.27. The van der Waals surface area contributed by atoms with Crippen molar-refractivity contribution in [2.24, 2.45) is 5.92 Å². The number of amides is 1. The molecule has 1 fully saturated rings. The van der Waals surface area contributed by atoms with Gasteiger partial charge in [-0.25, -0.2) is 0 Å². The molecule has 0 aliphatic heterocycles. The Kier molecular flexibility index (Phi) is 5.06. The van der Waals surface area contributed by atoms with E-state index < -0.39 is 0 Å². The van der Waals surface area contributed by atoms with Crippen LogP contribution in [0.4, 0.5) is 5.69 Å². The Morgan fingerprint density at radius 2 is 1.89 bits per heavy atom. The minimum Gasteiger partial charge on any atom is -0.326 e. The van der Waals surface area contributed by atoms with Crippen LogP contribution in [-0.2, 0) is 11.2 Å². The zero-order chi connectivity index (χ0) is 12.8. The fourth-order valence-electron chi connectivity index (χ4n) is 2.55. The zero-order valence-corrected chi connectivity index (χ0v) is 11.4. The molecular formula is C15H20ClNO. The number of alkyl halides is 1. The molecule has 0 heterocycles. The second-order valence-electron chi connectivity index (χ2n) is 5.04. The summed E-state index contributed by atoms with van der Waals surface area (Å²) in [6, 6.07) is 7.95. The summed E-state index contributed by atoms with van der Waals surface area (Å²) in [5, 5.41) is 2.97. The Morgan fingerprint density at radius 3 is 2.50 bits per heavy atom. The fourth-order valence-corrected chi connectivity index (χ4v) is 2.77. The summed E-state index contributed by atoms with van der Waals surface area (Å²) in [6.07, 6.45) is 6.53. The van der Waals surface area contributed by atoms with E-state index in [9.17, 15) is 4.79 Å². The van der Waals surface area contributed by atoms with Crippen LogP contribution in [0.3, 0.4) is 0 Å². The highest BCUT2D eigenvalue weighted by atomic mass is 35.5. The Hall–Kier alpha value is -1.02. The van der Waals surface area contributed by atoms with Crippen molar-refractivity contribution in [3.63, 3.8) is 0 Å². The Morgan fingerprint density at radius 1 is 1.22 bits per heavy atom. The minimum atomic E-state index is 0.145. The van der Waals surface area contributed by atoms with E-state index in [-0.39, 0.29) is 5.91 Å². The van der Waals surface area contributed by atoms with Crippen molar-refractivity contribution in [3.8, 4) is 0 Å². The van der Waals surface area contributed by atoms with Gasteiger partial charge < -0.3 is 5.32 Å². The van der Waals surface area contributed by atoms with E-state index >= 15 is 0 Å². The lowest BCUT2D eigenvalue weighted by atomic mass is 10.0. The molecule has 0 radical (unpaired) electrons. The zero-order valence-electron chi connectivity index (χ0n) is 10.6. The number of hydrogen-bond donors (Lipinski definition) is 1. The monoisotopic (exact) mass is 265 g/mol. The average Bonchev–Trinajstić information content (AvgIpc) is 2.84. The molecule has 1 aliphatic carbocycles. The lowest BCUT2D eigenvalue weighted by Gasteiger charge is -2.10. The smallest absolute Gasteiger partial charge is 0.224 e. The van der Waals surface area contributed by atoms with E-state index in [0.717, 1.165) is 12.1 Å². The summed E-state index contributed by atoms with van der Waals surface area (Å²) in [5.74, 6) is 1.38. The normalized spacial score (nSPS) is 15.8. The SMILES string of the molecule is O=C(CC1CCCC1)Nc1ccc(CCCl)cc1. The van der Waals surface area contributed by atoms with E-state index in [1.807, 2.05) is 24.3 Å². The van der Waals surface area contributed by atoms with Gasteiger partial charge in [-0.1, -0.05) is 25.0 Å². The van der Waals surface area contributed by atoms with Crippen LogP contribution in [0.15, 0.2) is 24.3 Å². The number of halogens is 1. The number of rotatable bonds is 5. The van der Waals surface area contributed by atoms with Crippen molar-refractivity contribution in [2.75, 3.05) is 11.2 Å². The summed E-state index contributed by atoms with van der Waals surface area (Å²) in [4.78, 5) is 11.8. The Bertz CT molecular complexity index is 382. The molecule has 3 heteroatoms. The first-order valence-corrected chi connectivity index (χ1v) is 7.26. The molecule has 1 saturated carbocycles. The molecule has 1 aromatic carbocycles. The highest BCUT2D eigenvalue weighted by molar-refractivity contribution is 6.17. The van der Waals surface area contributed by atoms with Gasteiger partial charge in [0.05, 0.1) is 0 Å². The average molecular weight is 266 g/mol. The molecule has 0 atom stereocenters. The third-order valence-corrected chi connectivity index (χ3v) is 3.76. The van der Waals surface area contributed by atoms with Gasteiger partial charge in [-0.3, -0.25) is 4.79 Å². The summed E-state index contributed by atoms with van der Waals surface area (Å²) in [5.41, 5.74) is 2.09.